The van der Waals surface area contributed by atoms with E-state index in [2.05, 4.69) is 11.0 Å². The molecule has 1 spiro atoms. The Bertz CT molecular complexity index is 973. The van der Waals surface area contributed by atoms with Crippen LogP contribution in [0.5, 0.6) is 17.2 Å². The topological polar surface area (TPSA) is 68.2 Å². The summed E-state index contributed by atoms with van der Waals surface area (Å²) in [6.45, 7) is 3.22. The van der Waals surface area contributed by atoms with E-state index in [4.69, 9.17) is 42.5 Å². The lowest BCUT2D eigenvalue weighted by Crippen LogP contribution is -2.44. The highest BCUT2D eigenvalue weighted by Crippen LogP contribution is 2.47. The average molecular weight is 466 g/mol. The van der Waals surface area contributed by atoms with Crippen molar-refractivity contribution in [2.75, 3.05) is 33.4 Å². The van der Waals surface area contributed by atoms with Crippen LogP contribution in [-0.4, -0.2) is 49.3 Å². The van der Waals surface area contributed by atoms with Gasteiger partial charge in [0.25, 0.3) is 0 Å². The summed E-state index contributed by atoms with van der Waals surface area (Å²) >= 11 is 12.7. The molecule has 0 amide bonds. The van der Waals surface area contributed by atoms with E-state index in [0.29, 0.717) is 40.3 Å². The van der Waals surface area contributed by atoms with Gasteiger partial charge in [-0.25, -0.2) is 0 Å². The number of carbonyl (C=O) groups is 1. The number of piperidine rings is 1. The average Bonchev–Trinajstić information content (AvgIpc) is 3.11. The van der Waals surface area contributed by atoms with E-state index in [1.807, 2.05) is 12.1 Å². The van der Waals surface area contributed by atoms with Crippen LogP contribution < -0.4 is 14.2 Å². The summed E-state index contributed by atoms with van der Waals surface area (Å²) in [7, 11) is 1.56. The molecule has 0 aromatic heterocycles. The SMILES string of the molecule is COc1ccc(Cl)c(COc2ccc3c(c2)OCC32CCN(CCC(=O)O)CC2)c1Cl. The van der Waals surface area contributed by atoms with Crippen molar-refractivity contribution in [3.8, 4) is 17.2 Å². The predicted molar refractivity (Wildman–Crippen MR) is 119 cm³/mol. The molecule has 2 aromatic carbocycles. The molecule has 166 valence electrons. The molecule has 0 bridgehead atoms. The van der Waals surface area contributed by atoms with E-state index in [1.54, 1.807) is 19.2 Å². The number of methoxy groups -OCH3 is 1. The second kappa shape index (κ2) is 9.15. The second-order valence-corrected chi connectivity index (χ2v) is 8.83. The van der Waals surface area contributed by atoms with Gasteiger partial charge in [-0.05, 0) is 44.1 Å². The molecule has 1 N–H and O–H groups in total. The van der Waals surface area contributed by atoms with Gasteiger partial charge in [0.05, 0.1) is 25.2 Å². The Balaban J connectivity index is 1.42. The standard InChI is InChI=1S/C23H25Cl2NO5/c1-29-19-5-4-18(24)16(22(19)25)13-30-15-2-3-17-20(12-15)31-14-23(17)7-10-26(11-8-23)9-6-21(27)28/h2-5,12H,6-11,13-14H2,1H3,(H,27,28). The number of ether oxygens (including phenoxy) is 3. The summed E-state index contributed by atoms with van der Waals surface area (Å²) in [6.07, 6.45) is 2.09. The van der Waals surface area contributed by atoms with Gasteiger partial charge in [0.1, 0.15) is 23.9 Å². The maximum atomic E-state index is 10.8. The zero-order valence-electron chi connectivity index (χ0n) is 17.3. The molecule has 2 aliphatic rings. The zero-order chi connectivity index (χ0) is 22.0. The van der Waals surface area contributed by atoms with Crippen molar-refractivity contribution in [3.05, 3.63) is 51.5 Å². The van der Waals surface area contributed by atoms with E-state index in [-0.39, 0.29) is 18.4 Å². The normalized spacial score (nSPS) is 17.3. The maximum absolute atomic E-state index is 10.8. The summed E-state index contributed by atoms with van der Waals surface area (Å²) in [6, 6.07) is 9.42. The molecule has 1 saturated heterocycles. The number of rotatable bonds is 7. The molecule has 1 fully saturated rings. The van der Waals surface area contributed by atoms with Crippen LogP contribution in [0.3, 0.4) is 0 Å². The molecular formula is C23H25Cl2NO5. The molecular weight excluding hydrogens is 441 g/mol. The molecule has 0 radical (unpaired) electrons. The number of hydrogen-bond donors (Lipinski definition) is 1. The number of benzene rings is 2. The van der Waals surface area contributed by atoms with Gasteiger partial charge in [0.2, 0.25) is 0 Å². The van der Waals surface area contributed by atoms with E-state index < -0.39 is 5.97 Å². The first-order chi connectivity index (χ1) is 14.9. The minimum atomic E-state index is -0.751. The molecule has 4 rings (SSSR count). The lowest BCUT2D eigenvalue weighted by atomic mass is 9.74. The molecule has 0 saturated carbocycles. The molecule has 8 heteroatoms. The Hall–Kier alpha value is -2.15. The molecule has 6 nitrogen and oxygen atoms in total. The number of fused-ring (bicyclic) bond motifs is 2. The van der Waals surface area contributed by atoms with Crippen LogP contribution in [0, 0.1) is 0 Å². The first kappa shape index (κ1) is 22.1. The number of nitrogens with zero attached hydrogens (tertiary/aromatic N) is 1. The monoisotopic (exact) mass is 465 g/mol. The van der Waals surface area contributed by atoms with Crippen molar-refractivity contribution >= 4 is 29.2 Å². The van der Waals surface area contributed by atoms with Crippen LogP contribution in [0.15, 0.2) is 30.3 Å². The van der Waals surface area contributed by atoms with Gasteiger partial charge in [-0.1, -0.05) is 29.3 Å². The van der Waals surface area contributed by atoms with Crippen LogP contribution in [-0.2, 0) is 16.8 Å². The molecule has 0 aliphatic carbocycles. The number of halogens is 2. The van der Waals surface area contributed by atoms with Crippen LogP contribution >= 0.6 is 23.2 Å². The minimum absolute atomic E-state index is 0.00694. The van der Waals surface area contributed by atoms with Crippen LogP contribution in [0.25, 0.3) is 0 Å². The van der Waals surface area contributed by atoms with Crippen molar-refractivity contribution < 1.29 is 24.1 Å². The molecule has 0 unspecified atom stereocenters. The zero-order valence-corrected chi connectivity index (χ0v) is 18.8. The Morgan fingerprint density at radius 2 is 2.00 bits per heavy atom. The Morgan fingerprint density at radius 1 is 1.23 bits per heavy atom. The fourth-order valence-corrected chi connectivity index (χ4v) is 4.89. The number of aliphatic carboxylic acids is 1. The highest BCUT2D eigenvalue weighted by molar-refractivity contribution is 6.36. The fourth-order valence-electron chi connectivity index (χ4n) is 4.34. The van der Waals surface area contributed by atoms with Crippen molar-refractivity contribution in [1.82, 2.24) is 4.90 Å². The van der Waals surface area contributed by atoms with Crippen molar-refractivity contribution in [1.29, 1.82) is 0 Å². The first-order valence-electron chi connectivity index (χ1n) is 10.3. The highest BCUT2D eigenvalue weighted by Gasteiger charge is 2.43. The van der Waals surface area contributed by atoms with Crippen molar-refractivity contribution in [2.24, 2.45) is 0 Å². The second-order valence-electron chi connectivity index (χ2n) is 8.04. The van der Waals surface area contributed by atoms with Crippen LogP contribution in [0.2, 0.25) is 10.0 Å². The number of carboxylic acid groups (broad SMARTS) is 1. The number of carboxylic acids is 1. The molecule has 31 heavy (non-hydrogen) atoms. The fraction of sp³-hybridized carbons (Fsp3) is 0.435. The van der Waals surface area contributed by atoms with Gasteiger partial charge < -0.3 is 24.2 Å². The van der Waals surface area contributed by atoms with Crippen molar-refractivity contribution in [2.45, 2.75) is 31.3 Å². The Labute approximate surface area is 191 Å². The van der Waals surface area contributed by atoms with Gasteiger partial charge in [0, 0.05) is 34.2 Å². The summed E-state index contributed by atoms with van der Waals surface area (Å²) < 4.78 is 17.2. The summed E-state index contributed by atoms with van der Waals surface area (Å²) in [5.74, 6) is 1.33. The highest BCUT2D eigenvalue weighted by atomic mass is 35.5. The van der Waals surface area contributed by atoms with E-state index >= 15 is 0 Å². The number of hydrogen-bond acceptors (Lipinski definition) is 5. The summed E-state index contributed by atoms with van der Waals surface area (Å²) in [5.41, 5.74) is 1.87. The van der Waals surface area contributed by atoms with Crippen LogP contribution in [0.4, 0.5) is 0 Å². The van der Waals surface area contributed by atoms with E-state index in [0.717, 1.165) is 31.7 Å². The van der Waals surface area contributed by atoms with Crippen molar-refractivity contribution in [3.63, 3.8) is 0 Å². The molecule has 2 aliphatic heterocycles. The molecule has 0 atom stereocenters. The molecule has 2 heterocycles. The Morgan fingerprint density at radius 3 is 2.71 bits per heavy atom. The third kappa shape index (κ3) is 4.56. The lowest BCUT2D eigenvalue weighted by molar-refractivity contribution is -0.137. The third-order valence-corrected chi connectivity index (χ3v) is 7.01. The summed E-state index contributed by atoms with van der Waals surface area (Å²) in [4.78, 5) is 13.0. The maximum Gasteiger partial charge on any atom is 0.304 e. The van der Waals surface area contributed by atoms with Gasteiger partial charge >= 0.3 is 5.97 Å². The van der Waals surface area contributed by atoms with Crippen LogP contribution in [0.1, 0.15) is 30.4 Å². The van der Waals surface area contributed by atoms with E-state index in [1.165, 1.54) is 5.56 Å². The third-order valence-electron chi connectivity index (χ3n) is 6.24. The lowest BCUT2D eigenvalue weighted by Gasteiger charge is -2.38. The largest absolute Gasteiger partial charge is 0.495 e. The van der Waals surface area contributed by atoms with Gasteiger partial charge in [0.15, 0.2) is 0 Å². The quantitative estimate of drug-likeness (QED) is 0.634. The van der Waals surface area contributed by atoms with Gasteiger partial charge in [-0.2, -0.15) is 0 Å². The van der Waals surface area contributed by atoms with Gasteiger partial charge in [-0.15, -0.1) is 0 Å². The minimum Gasteiger partial charge on any atom is -0.495 e. The molecule has 2 aromatic rings. The smallest absolute Gasteiger partial charge is 0.304 e. The van der Waals surface area contributed by atoms with E-state index in [9.17, 15) is 4.79 Å². The summed E-state index contributed by atoms with van der Waals surface area (Å²) in [5, 5.41) is 9.87. The first-order valence-corrected chi connectivity index (χ1v) is 11.0. The number of likely N-dealkylation sites (tertiary alicyclic amines) is 1. The predicted octanol–water partition coefficient (Wildman–Crippen LogP) is 4.78. The van der Waals surface area contributed by atoms with Gasteiger partial charge in [-0.3, -0.25) is 4.79 Å². The Kier molecular flexibility index (Phi) is 6.51.